The zero-order valence-corrected chi connectivity index (χ0v) is 15.7. The topological polar surface area (TPSA) is 32.7 Å². The average molecular weight is 360 g/mol. The summed E-state index contributed by atoms with van der Waals surface area (Å²) in [6.45, 7) is 4.14. The number of hydrazone groups is 1. The largest absolute Gasteiger partial charge is 0.284 e. The molecule has 2 heterocycles. The minimum Gasteiger partial charge on any atom is -0.266 e. The van der Waals surface area contributed by atoms with E-state index < -0.39 is 0 Å². The number of amides is 1. The third-order valence-corrected chi connectivity index (χ3v) is 5.56. The van der Waals surface area contributed by atoms with Gasteiger partial charge in [-0.3, -0.25) is 4.79 Å². The summed E-state index contributed by atoms with van der Waals surface area (Å²) in [6, 6.07) is 20.4. The molecule has 0 aliphatic carbocycles. The van der Waals surface area contributed by atoms with Gasteiger partial charge in [-0.15, -0.1) is 11.3 Å². The molecule has 4 heteroatoms. The number of aryl methyl sites for hydroxylation is 2. The smallest absolute Gasteiger partial charge is 0.266 e. The lowest BCUT2D eigenvalue weighted by molar-refractivity contribution is 0.0716. The van der Waals surface area contributed by atoms with Crippen LogP contribution in [0.5, 0.6) is 0 Å². The number of carbonyl (C=O) groups excluding carboxylic acids is 1. The van der Waals surface area contributed by atoms with E-state index in [0.717, 1.165) is 28.1 Å². The van der Waals surface area contributed by atoms with Gasteiger partial charge >= 0.3 is 0 Å². The van der Waals surface area contributed by atoms with Crippen LogP contribution in [0.15, 0.2) is 71.1 Å². The van der Waals surface area contributed by atoms with Gasteiger partial charge in [-0.1, -0.05) is 65.7 Å². The lowest BCUT2D eigenvalue weighted by atomic mass is 9.97. The van der Waals surface area contributed by atoms with Crippen molar-refractivity contribution >= 4 is 23.0 Å². The fourth-order valence-corrected chi connectivity index (χ4v) is 3.83. The number of hydrogen-bond acceptors (Lipinski definition) is 3. The lowest BCUT2D eigenvalue weighted by Crippen LogP contribution is -2.26. The van der Waals surface area contributed by atoms with Gasteiger partial charge in [-0.25, -0.2) is 5.01 Å². The molecular formula is C22H20N2OS. The van der Waals surface area contributed by atoms with Crippen molar-refractivity contribution in [3.8, 4) is 0 Å². The summed E-state index contributed by atoms with van der Waals surface area (Å²) in [5.74, 6) is -0.0345. The second-order valence-corrected chi connectivity index (χ2v) is 7.62. The summed E-state index contributed by atoms with van der Waals surface area (Å²) in [5.41, 5.74) is 5.58. The molecule has 3 nitrogen and oxygen atoms in total. The molecule has 1 aliphatic rings. The van der Waals surface area contributed by atoms with E-state index in [0.29, 0.717) is 0 Å². The predicted octanol–water partition coefficient (Wildman–Crippen LogP) is 5.36. The third kappa shape index (κ3) is 3.20. The van der Waals surface area contributed by atoms with Gasteiger partial charge in [-0.2, -0.15) is 5.10 Å². The van der Waals surface area contributed by atoms with Crippen LogP contribution < -0.4 is 0 Å². The van der Waals surface area contributed by atoms with E-state index in [-0.39, 0.29) is 11.9 Å². The second-order valence-electron chi connectivity index (χ2n) is 6.67. The summed E-state index contributed by atoms with van der Waals surface area (Å²) in [7, 11) is 0. The fraction of sp³-hybridized carbons (Fsp3) is 0.182. The Hall–Kier alpha value is -2.72. The lowest BCUT2D eigenvalue weighted by Gasteiger charge is -2.21. The zero-order chi connectivity index (χ0) is 18.1. The van der Waals surface area contributed by atoms with Crippen molar-refractivity contribution in [2.45, 2.75) is 26.3 Å². The van der Waals surface area contributed by atoms with E-state index in [4.69, 9.17) is 5.10 Å². The number of benzene rings is 2. The van der Waals surface area contributed by atoms with Gasteiger partial charge in [-0.05, 0) is 36.4 Å². The first-order chi connectivity index (χ1) is 12.6. The maximum Gasteiger partial charge on any atom is 0.284 e. The predicted molar refractivity (Wildman–Crippen MR) is 107 cm³/mol. The number of carbonyl (C=O) groups is 1. The van der Waals surface area contributed by atoms with Gasteiger partial charge in [0.25, 0.3) is 5.91 Å². The van der Waals surface area contributed by atoms with Crippen molar-refractivity contribution in [2.75, 3.05) is 0 Å². The highest BCUT2D eigenvalue weighted by Gasteiger charge is 2.33. The summed E-state index contributed by atoms with van der Waals surface area (Å²) in [6.07, 6.45) is 0.725. The van der Waals surface area contributed by atoms with Crippen LogP contribution in [0.2, 0.25) is 0 Å². The van der Waals surface area contributed by atoms with Crippen LogP contribution in [0.25, 0.3) is 0 Å². The molecule has 4 rings (SSSR count). The van der Waals surface area contributed by atoms with Crippen LogP contribution >= 0.6 is 11.3 Å². The molecule has 26 heavy (non-hydrogen) atoms. The molecule has 0 spiro atoms. The first-order valence-electron chi connectivity index (χ1n) is 8.70. The molecule has 2 aromatic carbocycles. The molecule has 0 saturated carbocycles. The Labute approximate surface area is 157 Å². The SMILES string of the molecule is Cc1ccc(C2=NN(C(=O)c3cccs3)[C@@H](c3ccc(C)cc3)C2)cc1. The van der Waals surface area contributed by atoms with Crippen LogP contribution in [0.3, 0.4) is 0 Å². The van der Waals surface area contributed by atoms with E-state index in [1.54, 1.807) is 5.01 Å². The number of hydrogen-bond donors (Lipinski definition) is 0. The summed E-state index contributed by atoms with van der Waals surface area (Å²) < 4.78 is 0. The molecule has 0 bridgehead atoms. The van der Waals surface area contributed by atoms with Gasteiger partial charge in [0.15, 0.2) is 0 Å². The monoisotopic (exact) mass is 360 g/mol. The highest BCUT2D eigenvalue weighted by molar-refractivity contribution is 7.12. The standard InChI is InChI=1S/C22H20N2OS/c1-15-5-9-17(10-6-15)19-14-20(18-11-7-16(2)8-12-18)24(23-19)22(25)21-4-3-13-26-21/h3-13,20H,14H2,1-2H3/t20-/m1/s1. The normalized spacial score (nSPS) is 16.6. The molecule has 0 radical (unpaired) electrons. The minimum atomic E-state index is -0.0681. The molecule has 0 N–H and O–H groups in total. The first-order valence-corrected chi connectivity index (χ1v) is 9.58. The Kier molecular flexibility index (Phi) is 4.43. The van der Waals surface area contributed by atoms with Crippen molar-refractivity contribution in [1.29, 1.82) is 0 Å². The molecule has 130 valence electrons. The Morgan fingerprint density at radius 1 is 1.00 bits per heavy atom. The second kappa shape index (κ2) is 6.89. The highest BCUT2D eigenvalue weighted by Crippen LogP contribution is 2.34. The molecule has 0 fully saturated rings. The number of nitrogens with zero attached hydrogens (tertiary/aromatic N) is 2. The Morgan fingerprint density at radius 2 is 1.65 bits per heavy atom. The van der Waals surface area contributed by atoms with Crippen LogP contribution in [0.1, 0.15) is 44.4 Å². The minimum absolute atomic E-state index is 0.0345. The van der Waals surface area contributed by atoms with Gasteiger partial charge in [0.1, 0.15) is 0 Å². The number of rotatable bonds is 3. The molecule has 0 saturated heterocycles. The average Bonchev–Trinajstić information content (AvgIpc) is 3.33. The molecule has 1 amide bonds. The van der Waals surface area contributed by atoms with Crippen LogP contribution in [0, 0.1) is 13.8 Å². The summed E-state index contributed by atoms with van der Waals surface area (Å²) >= 11 is 1.46. The maximum atomic E-state index is 13.0. The van der Waals surface area contributed by atoms with Crippen LogP contribution in [-0.4, -0.2) is 16.6 Å². The highest BCUT2D eigenvalue weighted by atomic mass is 32.1. The van der Waals surface area contributed by atoms with Gasteiger partial charge in [0, 0.05) is 6.42 Å². The molecular weight excluding hydrogens is 340 g/mol. The Bertz CT molecular complexity index is 941. The van der Waals surface area contributed by atoms with E-state index in [1.807, 2.05) is 17.5 Å². The van der Waals surface area contributed by atoms with E-state index in [9.17, 15) is 4.79 Å². The van der Waals surface area contributed by atoms with Gasteiger partial charge in [0.2, 0.25) is 0 Å². The summed E-state index contributed by atoms with van der Waals surface area (Å²) in [4.78, 5) is 13.7. The van der Waals surface area contributed by atoms with Crippen LogP contribution in [-0.2, 0) is 0 Å². The van der Waals surface area contributed by atoms with E-state index in [1.165, 1.54) is 22.5 Å². The molecule has 1 aliphatic heterocycles. The first kappa shape index (κ1) is 16.7. The van der Waals surface area contributed by atoms with Crippen molar-refractivity contribution in [3.63, 3.8) is 0 Å². The van der Waals surface area contributed by atoms with Crippen LogP contribution in [0.4, 0.5) is 0 Å². The van der Waals surface area contributed by atoms with Crippen molar-refractivity contribution in [1.82, 2.24) is 5.01 Å². The van der Waals surface area contributed by atoms with Gasteiger partial charge in [0.05, 0.1) is 16.6 Å². The van der Waals surface area contributed by atoms with Crippen molar-refractivity contribution in [3.05, 3.63) is 93.2 Å². The van der Waals surface area contributed by atoms with Crippen molar-refractivity contribution in [2.24, 2.45) is 5.10 Å². The Balaban J connectivity index is 1.72. The van der Waals surface area contributed by atoms with Crippen molar-refractivity contribution < 1.29 is 4.79 Å². The molecule has 0 unspecified atom stereocenters. The number of thiophene rings is 1. The van der Waals surface area contributed by atoms with E-state index >= 15 is 0 Å². The van der Waals surface area contributed by atoms with E-state index in [2.05, 4.69) is 62.4 Å². The third-order valence-electron chi connectivity index (χ3n) is 4.70. The fourth-order valence-electron chi connectivity index (χ4n) is 3.18. The zero-order valence-electron chi connectivity index (χ0n) is 14.8. The quantitative estimate of drug-likeness (QED) is 0.619. The molecule has 1 aromatic heterocycles. The Morgan fingerprint density at radius 3 is 2.27 bits per heavy atom. The maximum absolute atomic E-state index is 13.0. The van der Waals surface area contributed by atoms with Gasteiger partial charge < -0.3 is 0 Å². The molecule has 1 atom stereocenters. The molecule has 3 aromatic rings. The summed E-state index contributed by atoms with van der Waals surface area (Å²) in [5, 5.41) is 8.32.